The predicted molar refractivity (Wildman–Crippen MR) is 124 cm³/mol. The fraction of sp³-hybridized carbons (Fsp3) is 0.318. The Bertz CT molecular complexity index is 1230. The Morgan fingerprint density at radius 2 is 1.94 bits per heavy atom. The van der Waals surface area contributed by atoms with Gasteiger partial charge in [0.05, 0.1) is 22.8 Å². The average Bonchev–Trinajstić information content (AvgIpc) is 3.30. The van der Waals surface area contributed by atoms with Crippen molar-refractivity contribution >= 4 is 44.4 Å². The molecule has 2 aromatic heterocycles. The lowest BCUT2D eigenvalue weighted by Crippen LogP contribution is -2.35. The fourth-order valence-electron chi connectivity index (χ4n) is 3.11. The van der Waals surface area contributed by atoms with Crippen LogP contribution in [-0.4, -0.2) is 46.7 Å². The molecule has 8 nitrogen and oxygen atoms in total. The summed E-state index contributed by atoms with van der Waals surface area (Å²) in [5.41, 5.74) is 1.22. The molecule has 0 saturated heterocycles. The van der Waals surface area contributed by atoms with Gasteiger partial charge in [0.2, 0.25) is 5.13 Å². The molecule has 2 aromatic carbocycles. The number of amides is 1. The summed E-state index contributed by atoms with van der Waals surface area (Å²) in [6.07, 6.45) is -0.437. The molecule has 2 N–H and O–H groups in total. The highest BCUT2D eigenvalue weighted by atomic mass is 32.1. The van der Waals surface area contributed by atoms with Crippen molar-refractivity contribution in [3.63, 3.8) is 0 Å². The van der Waals surface area contributed by atoms with Gasteiger partial charge in [-0.15, -0.1) is 0 Å². The third-order valence-corrected chi connectivity index (χ3v) is 5.42. The van der Waals surface area contributed by atoms with Crippen LogP contribution in [0.25, 0.3) is 26.3 Å². The zero-order valence-electron chi connectivity index (χ0n) is 17.9. The molecule has 0 aliphatic carbocycles. The first kappa shape index (κ1) is 20.9. The maximum atomic E-state index is 11.9. The minimum absolute atomic E-state index is 0.408. The number of fused-ring (bicyclic) bond motifs is 2. The number of carbonyl (C=O) groups is 1. The molecule has 0 unspecified atom stereocenters. The number of nitrogens with zero attached hydrogens (tertiary/aromatic N) is 3. The van der Waals surface area contributed by atoms with E-state index in [-0.39, 0.29) is 0 Å². The molecule has 0 radical (unpaired) electrons. The largest absolute Gasteiger partial charge is 0.497 e. The van der Waals surface area contributed by atoms with Crippen molar-refractivity contribution in [1.29, 1.82) is 0 Å². The number of hydrogen-bond donors (Lipinski definition) is 2. The normalized spacial score (nSPS) is 11.6. The van der Waals surface area contributed by atoms with E-state index in [1.165, 1.54) is 11.3 Å². The van der Waals surface area contributed by atoms with Crippen LogP contribution in [0.5, 0.6) is 5.75 Å². The first-order valence-electron chi connectivity index (χ1n) is 9.97. The van der Waals surface area contributed by atoms with Gasteiger partial charge in [0, 0.05) is 18.5 Å². The molecule has 4 aromatic rings. The van der Waals surface area contributed by atoms with E-state index < -0.39 is 11.7 Å². The first-order chi connectivity index (χ1) is 14.8. The number of benzene rings is 2. The first-order valence-corrected chi connectivity index (χ1v) is 10.8. The Hall–Kier alpha value is -3.33. The number of methoxy groups -OCH3 is 1. The fourth-order valence-corrected chi connectivity index (χ4v) is 4.06. The molecular formula is C22H25N5O3S. The summed E-state index contributed by atoms with van der Waals surface area (Å²) in [7, 11) is 1.65. The van der Waals surface area contributed by atoms with Crippen LogP contribution < -0.4 is 15.4 Å². The molecule has 0 aliphatic rings. The molecule has 0 aliphatic heterocycles. The number of anilines is 1. The van der Waals surface area contributed by atoms with Crippen molar-refractivity contribution in [2.45, 2.75) is 26.4 Å². The second-order valence-corrected chi connectivity index (χ2v) is 8.97. The van der Waals surface area contributed by atoms with E-state index in [1.54, 1.807) is 7.11 Å². The minimum atomic E-state index is -0.526. The van der Waals surface area contributed by atoms with Crippen LogP contribution >= 0.6 is 11.3 Å². The summed E-state index contributed by atoms with van der Waals surface area (Å²) in [4.78, 5) is 16.6. The zero-order valence-corrected chi connectivity index (χ0v) is 18.7. The summed E-state index contributed by atoms with van der Waals surface area (Å²) < 4.78 is 13.4. The molecule has 0 spiro atoms. The average molecular weight is 440 g/mol. The van der Waals surface area contributed by atoms with Crippen LogP contribution in [0.3, 0.4) is 0 Å². The Labute approximate surface area is 184 Å². The van der Waals surface area contributed by atoms with Crippen molar-refractivity contribution in [3.05, 3.63) is 42.5 Å². The topological polar surface area (TPSA) is 90.3 Å². The van der Waals surface area contributed by atoms with Crippen LogP contribution in [0, 0.1) is 0 Å². The molecule has 0 saturated carbocycles. The highest BCUT2D eigenvalue weighted by Crippen LogP contribution is 2.32. The molecule has 2 heterocycles. The van der Waals surface area contributed by atoms with Gasteiger partial charge in [-0.3, -0.25) is 0 Å². The van der Waals surface area contributed by atoms with Crippen molar-refractivity contribution in [2.24, 2.45) is 0 Å². The SMILES string of the molecule is COc1ccc2nc(-n3nc4ccccc4c3NCCNC(=O)OC(C)(C)C)sc2c1. The second-order valence-electron chi connectivity index (χ2n) is 7.96. The highest BCUT2D eigenvalue weighted by Gasteiger charge is 2.17. The lowest BCUT2D eigenvalue weighted by molar-refractivity contribution is 0.0530. The van der Waals surface area contributed by atoms with E-state index >= 15 is 0 Å². The standard InChI is InChI=1S/C22H25N5O3S/c1-22(2,3)30-21(28)24-12-11-23-19-15-7-5-6-8-16(15)26-27(19)20-25-17-10-9-14(29-4)13-18(17)31-20/h5-10,13,23H,11-12H2,1-4H3,(H,24,28). The van der Waals surface area contributed by atoms with Crippen LogP contribution in [0.4, 0.5) is 10.6 Å². The number of alkyl carbamates (subject to hydrolysis) is 1. The van der Waals surface area contributed by atoms with Crippen LogP contribution in [0.2, 0.25) is 0 Å². The molecular weight excluding hydrogens is 414 g/mol. The van der Waals surface area contributed by atoms with Crippen molar-refractivity contribution in [3.8, 4) is 10.9 Å². The van der Waals surface area contributed by atoms with E-state index in [0.29, 0.717) is 13.1 Å². The minimum Gasteiger partial charge on any atom is -0.497 e. The van der Waals surface area contributed by atoms with Gasteiger partial charge in [-0.2, -0.15) is 9.78 Å². The number of thiazole rings is 1. The highest BCUT2D eigenvalue weighted by molar-refractivity contribution is 7.20. The van der Waals surface area contributed by atoms with Gasteiger partial charge < -0.3 is 20.1 Å². The molecule has 9 heteroatoms. The van der Waals surface area contributed by atoms with E-state index in [0.717, 1.165) is 37.8 Å². The van der Waals surface area contributed by atoms with Gasteiger partial charge >= 0.3 is 6.09 Å². The lowest BCUT2D eigenvalue weighted by atomic mass is 10.2. The quantitative estimate of drug-likeness (QED) is 0.428. The molecule has 4 rings (SSSR count). The Morgan fingerprint density at radius 1 is 1.13 bits per heavy atom. The number of aromatic nitrogens is 3. The van der Waals surface area contributed by atoms with Gasteiger partial charge in [0.25, 0.3) is 0 Å². The van der Waals surface area contributed by atoms with E-state index in [2.05, 4.69) is 10.6 Å². The van der Waals surface area contributed by atoms with Crippen LogP contribution in [0.15, 0.2) is 42.5 Å². The number of ether oxygens (including phenoxy) is 2. The third kappa shape index (κ3) is 4.72. The van der Waals surface area contributed by atoms with Crippen LogP contribution in [0.1, 0.15) is 20.8 Å². The Morgan fingerprint density at radius 3 is 2.71 bits per heavy atom. The van der Waals surface area contributed by atoms with E-state index in [4.69, 9.17) is 19.6 Å². The monoisotopic (exact) mass is 439 g/mol. The molecule has 31 heavy (non-hydrogen) atoms. The van der Waals surface area contributed by atoms with Gasteiger partial charge in [-0.1, -0.05) is 23.5 Å². The zero-order chi connectivity index (χ0) is 22.0. The number of hydrogen-bond acceptors (Lipinski definition) is 7. The van der Waals surface area contributed by atoms with Crippen molar-refractivity contribution < 1.29 is 14.3 Å². The second kappa shape index (κ2) is 8.43. The number of rotatable bonds is 6. The van der Waals surface area contributed by atoms with Crippen LogP contribution in [-0.2, 0) is 4.74 Å². The molecule has 0 bridgehead atoms. The lowest BCUT2D eigenvalue weighted by Gasteiger charge is -2.19. The molecule has 162 valence electrons. The smallest absolute Gasteiger partial charge is 0.407 e. The summed E-state index contributed by atoms with van der Waals surface area (Å²) in [6, 6.07) is 13.7. The molecule has 1 amide bonds. The van der Waals surface area contributed by atoms with Crippen molar-refractivity contribution in [1.82, 2.24) is 20.1 Å². The third-order valence-electron chi connectivity index (χ3n) is 4.43. The summed E-state index contributed by atoms with van der Waals surface area (Å²) in [5.74, 6) is 1.62. The van der Waals surface area contributed by atoms with Gasteiger partial charge in [-0.25, -0.2) is 9.78 Å². The van der Waals surface area contributed by atoms with Gasteiger partial charge in [0.15, 0.2) is 0 Å². The predicted octanol–water partition coefficient (Wildman–Crippen LogP) is 4.58. The summed E-state index contributed by atoms with van der Waals surface area (Å²) in [5, 5.41) is 12.6. The molecule has 0 fully saturated rings. The summed E-state index contributed by atoms with van der Waals surface area (Å²) >= 11 is 1.54. The van der Waals surface area contributed by atoms with Gasteiger partial charge in [0.1, 0.15) is 17.2 Å². The number of nitrogens with one attached hydrogen (secondary N) is 2. The molecule has 0 atom stereocenters. The Balaban J connectivity index is 1.57. The Kier molecular flexibility index (Phi) is 5.69. The van der Waals surface area contributed by atoms with Gasteiger partial charge in [-0.05, 0) is 51.1 Å². The maximum Gasteiger partial charge on any atom is 0.407 e. The number of carbonyl (C=O) groups excluding carboxylic acids is 1. The maximum absolute atomic E-state index is 11.9. The summed E-state index contributed by atoms with van der Waals surface area (Å²) in [6.45, 7) is 6.43. The van der Waals surface area contributed by atoms with E-state index in [1.807, 2.05) is 67.9 Å². The van der Waals surface area contributed by atoms with E-state index in [9.17, 15) is 4.79 Å². The van der Waals surface area contributed by atoms with Crippen molar-refractivity contribution in [2.75, 3.05) is 25.5 Å².